The first-order valence-corrected chi connectivity index (χ1v) is 3.61. The average molecular weight is 233 g/mol. The molecule has 0 heterocycles. The predicted molar refractivity (Wildman–Crippen MR) is 36.9 cm³/mol. The molecule has 0 bridgehead atoms. The van der Waals surface area contributed by atoms with Crippen LogP contribution in [0.5, 0.6) is 0 Å². The molecular formula is C7H9NNa2O5. The second-order valence-electron chi connectivity index (χ2n) is 2.48. The van der Waals surface area contributed by atoms with E-state index < -0.39 is 30.3 Å². The molecule has 0 saturated carbocycles. The Hall–Kier alpha value is 0.410. The predicted octanol–water partition coefficient (Wildman–Crippen LogP) is -9.22. The second kappa shape index (κ2) is 10.9. The van der Waals surface area contributed by atoms with Crippen LogP contribution in [0.25, 0.3) is 0 Å². The zero-order chi connectivity index (χ0) is 10.4. The van der Waals surface area contributed by atoms with Gasteiger partial charge in [0.15, 0.2) is 0 Å². The minimum Gasteiger partial charge on any atom is -0.550 e. The molecule has 74 valence electrons. The van der Waals surface area contributed by atoms with E-state index in [0.717, 1.165) is 6.92 Å². The quantitative estimate of drug-likeness (QED) is 0.474. The Morgan fingerprint density at radius 1 is 1.20 bits per heavy atom. The number of rotatable bonds is 5. The molecule has 0 aliphatic rings. The van der Waals surface area contributed by atoms with Gasteiger partial charge in [0, 0.05) is 12.9 Å². The van der Waals surface area contributed by atoms with Crippen molar-refractivity contribution >= 4 is 17.8 Å². The summed E-state index contributed by atoms with van der Waals surface area (Å²) in [6.45, 7) is 1.13. The van der Waals surface area contributed by atoms with E-state index in [1.165, 1.54) is 0 Å². The van der Waals surface area contributed by atoms with Gasteiger partial charge in [-0.3, -0.25) is 4.79 Å². The van der Waals surface area contributed by atoms with Crippen LogP contribution in [0.3, 0.4) is 0 Å². The largest absolute Gasteiger partial charge is 1.00 e. The van der Waals surface area contributed by atoms with Gasteiger partial charge in [-0.05, 0) is 12.8 Å². The van der Waals surface area contributed by atoms with E-state index in [2.05, 4.69) is 0 Å². The molecule has 0 aromatic heterocycles. The van der Waals surface area contributed by atoms with Gasteiger partial charge < -0.3 is 25.1 Å². The Labute approximate surface area is 131 Å². The Morgan fingerprint density at radius 3 is 1.93 bits per heavy atom. The zero-order valence-corrected chi connectivity index (χ0v) is 13.0. The van der Waals surface area contributed by atoms with Crippen LogP contribution in [0.1, 0.15) is 19.8 Å². The van der Waals surface area contributed by atoms with Gasteiger partial charge in [0.25, 0.3) is 0 Å². The molecule has 0 aliphatic heterocycles. The molecule has 0 aromatic carbocycles. The zero-order valence-electron chi connectivity index (χ0n) is 9.03. The van der Waals surface area contributed by atoms with Gasteiger partial charge in [0.1, 0.15) is 0 Å². The van der Waals surface area contributed by atoms with Crippen LogP contribution in [0, 0.1) is 0 Å². The van der Waals surface area contributed by atoms with E-state index in [0.29, 0.717) is 0 Å². The molecule has 1 N–H and O–H groups in total. The van der Waals surface area contributed by atoms with Crippen LogP contribution in [0.15, 0.2) is 0 Å². The fourth-order valence-corrected chi connectivity index (χ4v) is 0.756. The number of carbonyl (C=O) groups is 3. The molecule has 15 heavy (non-hydrogen) atoms. The number of amides is 1. The maximum absolute atomic E-state index is 10.4. The van der Waals surface area contributed by atoms with Crippen LogP contribution in [0.2, 0.25) is 0 Å². The Kier molecular flexibility index (Phi) is 15.1. The van der Waals surface area contributed by atoms with Crippen molar-refractivity contribution in [3.63, 3.8) is 0 Å². The third-order valence-electron chi connectivity index (χ3n) is 1.30. The maximum atomic E-state index is 10.4. The maximum Gasteiger partial charge on any atom is 1.00 e. The summed E-state index contributed by atoms with van der Waals surface area (Å²) in [4.78, 5) is 30.7. The standard InChI is InChI=1S/C7H11NO5.2Na/c1-4(9)8-5(7(12)13)2-3-6(10)11;;/h5H,2-3H2,1H3,(H,8,9)(H,10,11)(H,12,13);;/q;2*+1/p-2. The number of carboxylic acid groups (broad SMARTS) is 2. The summed E-state index contributed by atoms with van der Waals surface area (Å²) in [5, 5.41) is 22.3. The summed E-state index contributed by atoms with van der Waals surface area (Å²) >= 11 is 0. The van der Waals surface area contributed by atoms with E-state index in [-0.39, 0.29) is 65.5 Å². The third kappa shape index (κ3) is 12.3. The van der Waals surface area contributed by atoms with Gasteiger partial charge in [-0.25, -0.2) is 0 Å². The molecule has 0 radical (unpaired) electrons. The summed E-state index contributed by atoms with van der Waals surface area (Å²) in [6, 6.07) is -1.27. The van der Waals surface area contributed by atoms with Gasteiger partial charge >= 0.3 is 59.1 Å². The molecular weight excluding hydrogens is 224 g/mol. The molecule has 0 aromatic rings. The van der Waals surface area contributed by atoms with Crippen molar-refractivity contribution in [3.8, 4) is 0 Å². The molecule has 0 aliphatic carbocycles. The molecule has 8 heteroatoms. The Bertz CT molecular complexity index is 233. The topological polar surface area (TPSA) is 109 Å². The second-order valence-corrected chi connectivity index (χ2v) is 2.48. The van der Waals surface area contributed by atoms with Crippen LogP contribution in [-0.2, 0) is 14.4 Å². The average Bonchev–Trinajstić information content (AvgIpc) is 1.96. The van der Waals surface area contributed by atoms with Crippen molar-refractivity contribution in [2.24, 2.45) is 0 Å². The monoisotopic (exact) mass is 233 g/mol. The fourth-order valence-electron chi connectivity index (χ4n) is 0.756. The summed E-state index contributed by atoms with van der Waals surface area (Å²) in [5.74, 6) is -3.42. The molecule has 1 atom stereocenters. The Morgan fingerprint density at radius 2 is 1.67 bits per heavy atom. The van der Waals surface area contributed by atoms with Crippen LogP contribution >= 0.6 is 0 Å². The Balaban J connectivity index is -0.000000720. The minimum absolute atomic E-state index is 0. The third-order valence-corrected chi connectivity index (χ3v) is 1.30. The van der Waals surface area contributed by atoms with Crippen molar-refractivity contribution in [2.75, 3.05) is 0 Å². The number of carboxylic acids is 2. The first-order chi connectivity index (χ1) is 5.93. The number of aliphatic carboxylic acids is 2. The molecule has 1 amide bonds. The molecule has 0 fully saturated rings. The van der Waals surface area contributed by atoms with Crippen LogP contribution in [0.4, 0.5) is 0 Å². The number of nitrogens with one attached hydrogen (secondary N) is 1. The van der Waals surface area contributed by atoms with Gasteiger partial charge in [-0.1, -0.05) is 0 Å². The first-order valence-electron chi connectivity index (χ1n) is 3.61. The van der Waals surface area contributed by atoms with E-state index in [1.54, 1.807) is 0 Å². The normalized spacial score (nSPS) is 10.2. The number of carbonyl (C=O) groups excluding carboxylic acids is 3. The summed E-state index contributed by atoms with van der Waals surface area (Å²) < 4.78 is 0. The molecule has 0 saturated heterocycles. The summed E-state index contributed by atoms with van der Waals surface area (Å²) in [5.41, 5.74) is 0. The number of hydrogen-bond acceptors (Lipinski definition) is 5. The van der Waals surface area contributed by atoms with Crippen molar-refractivity contribution in [1.82, 2.24) is 5.32 Å². The molecule has 1 unspecified atom stereocenters. The molecule has 0 spiro atoms. The van der Waals surface area contributed by atoms with Crippen molar-refractivity contribution in [2.45, 2.75) is 25.8 Å². The van der Waals surface area contributed by atoms with Gasteiger partial charge in [-0.2, -0.15) is 0 Å². The van der Waals surface area contributed by atoms with E-state index in [1.807, 2.05) is 5.32 Å². The summed E-state index contributed by atoms with van der Waals surface area (Å²) in [6.07, 6.45) is -0.664. The smallest absolute Gasteiger partial charge is 0.550 e. The molecule has 0 rings (SSSR count). The minimum atomic E-state index is -1.50. The van der Waals surface area contributed by atoms with Crippen molar-refractivity contribution in [1.29, 1.82) is 0 Å². The van der Waals surface area contributed by atoms with Crippen LogP contribution in [-0.4, -0.2) is 23.9 Å². The van der Waals surface area contributed by atoms with E-state index >= 15 is 0 Å². The van der Waals surface area contributed by atoms with Gasteiger partial charge in [0.05, 0.1) is 12.0 Å². The first kappa shape index (κ1) is 20.8. The van der Waals surface area contributed by atoms with Gasteiger partial charge in [0.2, 0.25) is 5.91 Å². The SMILES string of the molecule is CC(=O)NC(CCC(=O)[O-])C(=O)[O-].[Na+].[Na+]. The molecule has 6 nitrogen and oxygen atoms in total. The van der Waals surface area contributed by atoms with E-state index in [9.17, 15) is 24.6 Å². The number of hydrogen-bond donors (Lipinski definition) is 1. The van der Waals surface area contributed by atoms with Crippen molar-refractivity contribution < 1.29 is 83.7 Å². The van der Waals surface area contributed by atoms with Gasteiger partial charge in [-0.15, -0.1) is 0 Å². The van der Waals surface area contributed by atoms with E-state index in [4.69, 9.17) is 0 Å². The fraction of sp³-hybridized carbons (Fsp3) is 0.571. The van der Waals surface area contributed by atoms with Crippen LogP contribution < -0.4 is 74.6 Å². The van der Waals surface area contributed by atoms with Crippen molar-refractivity contribution in [3.05, 3.63) is 0 Å². The summed E-state index contributed by atoms with van der Waals surface area (Å²) in [7, 11) is 0.